The van der Waals surface area contributed by atoms with Crippen molar-refractivity contribution in [1.82, 2.24) is 5.32 Å². The summed E-state index contributed by atoms with van der Waals surface area (Å²) in [6.07, 6.45) is 6.39. The molecule has 1 rings (SSSR count). The van der Waals surface area contributed by atoms with Crippen LogP contribution in [0.4, 0.5) is 5.69 Å². The fraction of sp³-hybridized carbons (Fsp3) is 0.647. The van der Waals surface area contributed by atoms with E-state index in [0.717, 1.165) is 44.1 Å². The molecule has 0 aliphatic rings. The lowest BCUT2D eigenvalue weighted by Crippen LogP contribution is -2.21. The third-order valence-electron chi connectivity index (χ3n) is 3.25. The number of nitrogens with one attached hydrogen (secondary N) is 2. The fourth-order valence-corrected chi connectivity index (χ4v) is 2.04. The molecule has 0 saturated heterocycles. The van der Waals surface area contributed by atoms with E-state index in [4.69, 9.17) is 4.74 Å². The smallest absolute Gasteiger partial charge is 0.119 e. The summed E-state index contributed by atoms with van der Waals surface area (Å²) in [6, 6.07) is 8.25. The van der Waals surface area contributed by atoms with E-state index in [2.05, 4.69) is 36.6 Å². The molecular formula is C17H30N2O. The lowest BCUT2D eigenvalue weighted by Gasteiger charge is -2.09. The first kappa shape index (κ1) is 16.8. The molecule has 0 heterocycles. The van der Waals surface area contributed by atoms with Crippen LogP contribution >= 0.6 is 0 Å². The van der Waals surface area contributed by atoms with E-state index >= 15 is 0 Å². The van der Waals surface area contributed by atoms with Crippen LogP contribution in [0.15, 0.2) is 24.3 Å². The van der Waals surface area contributed by atoms with Crippen molar-refractivity contribution in [1.29, 1.82) is 0 Å². The molecule has 1 aromatic rings. The van der Waals surface area contributed by atoms with Crippen molar-refractivity contribution in [2.75, 3.05) is 31.6 Å². The van der Waals surface area contributed by atoms with Crippen LogP contribution in [0.1, 0.15) is 46.0 Å². The Kier molecular flexibility index (Phi) is 9.76. The van der Waals surface area contributed by atoms with E-state index in [1.54, 1.807) is 0 Å². The van der Waals surface area contributed by atoms with Crippen LogP contribution in [0.3, 0.4) is 0 Å². The van der Waals surface area contributed by atoms with E-state index in [9.17, 15) is 0 Å². The number of ether oxygens (including phenoxy) is 1. The monoisotopic (exact) mass is 278 g/mol. The first-order valence-electron chi connectivity index (χ1n) is 8.04. The molecule has 0 fully saturated rings. The van der Waals surface area contributed by atoms with Crippen LogP contribution in [0.5, 0.6) is 5.75 Å². The first-order chi connectivity index (χ1) is 9.86. The van der Waals surface area contributed by atoms with Gasteiger partial charge >= 0.3 is 0 Å². The molecule has 0 aliphatic carbocycles. The Morgan fingerprint density at radius 2 is 1.65 bits per heavy atom. The van der Waals surface area contributed by atoms with Crippen LogP contribution in [-0.4, -0.2) is 26.2 Å². The Labute approximate surface area is 124 Å². The number of rotatable bonds is 12. The highest BCUT2D eigenvalue weighted by Gasteiger charge is 1.96. The van der Waals surface area contributed by atoms with Crippen molar-refractivity contribution in [3.8, 4) is 5.75 Å². The minimum Gasteiger partial charge on any atom is -0.494 e. The zero-order valence-electron chi connectivity index (χ0n) is 13.1. The van der Waals surface area contributed by atoms with Gasteiger partial charge in [0, 0.05) is 18.8 Å². The standard InChI is InChI=1S/C17H30N2O/c1-3-5-6-7-8-15-20-17-11-9-16(10-12-17)19-14-13-18-4-2/h9-12,18-19H,3-8,13-15H2,1-2H3. The normalized spacial score (nSPS) is 10.5. The van der Waals surface area contributed by atoms with Crippen molar-refractivity contribution in [3.05, 3.63) is 24.3 Å². The minimum absolute atomic E-state index is 0.830. The number of unbranched alkanes of at least 4 members (excludes halogenated alkanes) is 4. The van der Waals surface area contributed by atoms with Gasteiger partial charge in [-0.1, -0.05) is 39.5 Å². The summed E-state index contributed by atoms with van der Waals surface area (Å²) in [5, 5.41) is 6.67. The van der Waals surface area contributed by atoms with Crippen molar-refractivity contribution in [3.63, 3.8) is 0 Å². The predicted octanol–water partition coefficient (Wildman–Crippen LogP) is 4.06. The molecule has 0 unspecified atom stereocenters. The number of hydrogen-bond acceptors (Lipinski definition) is 3. The van der Waals surface area contributed by atoms with Gasteiger partial charge in [-0.25, -0.2) is 0 Å². The molecule has 0 bridgehead atoms. The molecule has 0 radical (unpaired) electrons. The van der Waals surface area contributed by atoms with Crippen LogP contribution in [-0.2, 0) is 0 Å². The predicted molar refractivity (Wildman–Crippen MR) is 87.7 cm³/mol. The van der Waals surface area contributed by atoms with Crippen molar-refractivity contribution < 1.29 is 4.74 Å². The molecule has 3 heteroatoms. The zero-order chi connectivity index (χ0) is 14.5. The molecule has 1 aromatic carbocycles. The van der Waals surface area contributed by atoms with E-state index in [-0.39, 0.29) is 0 Å². The molecule has 20 heavy (non-hydrogen) atoms. The number of likely N-dealkylation sites (N-methyl/N-ethyl adjacent to an activating group) is 1. The Hall–Kier alpha value is -1.22. The SMILES string of the molecule is CCCCCCCOc1ccc(NCCNCC)cc1. The lowest BCUT2D eigenvalue weighted by atomic mass is 10.2. The highest BCUT2D eigenvalue weighted by atomic mass is 16.5. The third-order valence-corrected chi connectivity index (χ3v) is 3.25. The van der Waals surface area contributed by atoms with E-state index in [1.165, 1.54) is 25.7 Å². The maximum Gasteiger partial charge on any atom is 0.119 e. The summed E-state index contributed by atoms with van der Waals surface area (Å²) in [4.78, 5) is 0. The third kappa shape index (κ3) is 8.05. The second-order valence-corrected chi connectivity index (χ2v) is 5.07. The van der Waals surface area contributed by atoms with E-state index in [1.807, 2.05) is 12.1 Å². The molecule has 114 valence electrons. The quantitative estimate of drug-likeness (QED) is 0.566. The van der Waals surface area contributed by atoms with Crippen LogP contribution in [0.2, 0.25) is 0 Å². The first-order valence-corrected chi connectivity index (χ1v) is 8.04. The van der Waals surface area contributed by atoms with Gasteiger partial charge in [0.15, 0.2) is 0 Å². The van der Waals surface area contributed by atoms with Crippen molar-refractivity contribution in [2.45, 2.75) is 46.0 Å². The van der Waals surface area contributed by atoms with Gasteiger partial charge in [0.05, 0.1) is 6.61 Å². The molecular weight excluding hydrogens is 248 g/mol. The van der Waals surface area contributed by atoms with E-state index < -0.39 is 0 Å². The summed E-state index contributed by atoms with van der Waals surface area (Å²) in [5.74, 6) is 0.970. The van der Waals surface area contributed by atoms with Gasteiger partial charge in [0.1, 0.15) is 5.75 Å². The van der Waals surface area contributed by atoms with Gasteiger partial charge in [-0.2, -0.15) is 0 Å². The van der Waals surface area contributed by atoms with Crippen LogP contribution < -0.4 is 15.4 Å². The summed E-state index contributed by atoms with van der Waals surface area (Å²) >= 11 is 0. The molecule has 0 aromatic heterocycles. The largest absolute Gasteiger partial charge is 0.494 e. The van der Waals surface area contributed by atoms with Gasteiger partial charge in [-0.15, -0.1) is 0 Å². The van der Waals surface area contributed by atoms with Crippen LogP contribution in [0.25, 0.3) is 0 Å². The minimum atomic E-state index is 0.830. The van der Waals surface area contributed by atoms with Crippen molar-refractivity contribution >= 4 is 5.69 Å². The highest BCUT2D eigenvalue weighted by Crippen LogP contribution is 2.16. The Balaban J connectivity index is 2.12. The zero-order valence-corrected chi connectivity index (χ0v) is 13.1. The summed E-state index contributed by atoms with van der Waals surface area (Å²) in [5.41, 5.74) is 1.15. The molecule has 0 amide bonds. The molecule has 2 N–H and O–H groups in total. The summed E-state index contributed by atoms with van der Waals surface area (Å²) in [6.45, 7) is 8.15. The van der Waals surface area contributed by atoms with Crippen molar-refractivity contribution in [2.24, 2.45) is 0 Å². The summed E-state index contributed by atoms with van der Waals surface area (Å²) < 4.78 is 5.74. The fourth-order valence-electron chi connectivity index (χ4n) is 2.04. The molecule has 0 saturated carbocycles. The maximum atomic E-state index is 5.74. The van der Waals surface area contributed by atoms with Gasteiger partial charge < -0.3 is 15.4 Å². The lowest BCUT2D eigenvalue weighted by molar-refractivity contribution is 0.304. The van der Waals surface area contributed by atoms with Gasteiger partial charge in [-0.05, 0) is 37.2 Å². The van der Waals surface area contributed by atoms with Gasteiger partial charge in [0.2, 0.25) is 0 Å². The second-order valence-electron chi connectivity index (χ2n) is 5.07. The number of hydrogen-bond donors (Lipinski definition) is 2. The molecule has 0 atom stereocenters. The van der Waals surface area contributed by atoms with E-state index in [0.29, 0.717) is 0 Å². The summed E-state index contributed by atoms with van der Waals surface area (Å²) in [7, 11) is 0. The maximum absolute atomic E-state index is 5.74. The van der Waals surface area contributed by atoms with Gasteiger partial charge in [-0.3, -0.25) is 0 Å². The van der Waals surface area contributed by atoms with Crippen LogP contribution in [0, 0.1) is 0 Å². The Morgan fingerprint density at radius 3 is 2.35 bits per heavy atom. The Bertz CT molecular complexity index is 324. The average Bonchev–Trinajstić information content (AvgIpc) is 2.49. The molecule has 0 spiro atoms. The topological polar surface area (TPSA) is 33.3 Å². The average molecular weight is 278 g/mol. The van der Waals surface area contributed by atoms with Gasteiger partial charge in [0.25, 0.3) is 0 Å². The Morgan fingerprint density at radius 1 is 0.900 bits per heavy atom. The number of anilines is 1. The second kappa shape index (κ2) is 11.6. The highest BCUT2D eigenvalue weighted by molar-refractivity contribution is 5.46. The molecule has 3 nitrogen and oxygen atoms in total. The molecule has 0 aliphatic heterocycles. The number of benzene rings is 1.